The molecule has 2 aliphatic heterocycles. The summed E-state index contributed by atoms with van der Waals surface area (Å²) < 4.78 is 13.3. The molecule has 0 bridgehead atoms. The molecule has 0 aromatic heterocycles. The van der Waals surface area contributed by atoms with Gasteiger partial charge in [0, 0.05) is 26.2 Å². The number of carbonyl (C=O) groups excluding carboxylic acids is 2. The first-order chi connectivity index (χ1) is 11.1. The molecule has 6 heteroatoms. The molecular weight excluding hydrogens is 297 g/mol. The van der Waals surface area contributed by atoms with Crippen LogP contribution in [-0.4, -0.2) is 54.3 Å². The van der Waals surface area contributed by atoms with Crippen LogP contribution in [-0.2, 0) is 16.1 Å². The van der Waals surface area contributed by atoms with Gasteiger partial charge in [-0.2, -0.15) is 0 Å². The second-order valence-corrected chi connectivity index (χ2v) is 6.31. The highest BCUT2D eigenvalue weighted by Gasteiger charge is 2.31. The number of benzene rings is 1. The molecule has 2 amide bonds. The number of piperazine rings is 1. The number of amides is 2. The fourth-order valence-electron chi connectivity index (χ4n) is 3.38. The summed E-state index contributed by atoms with van der Waals surface area (Å²) in [6, 6.07) is 6.60. The van der Waals surface area contributed by atoms with Crippen molar-refractivity contribution in [1.82, 2.24) is 15.1 Å². The van der Waals surface area contributed by atoms with Gasteiger partial charge in [-0.3, -0.25) is 14.5 Å². The highest BCUT2D eigenvalue weighted by atomic mass is 19.1. The maximum Gasteiger partial charge on any atom is 0.239 e. The van der Waals surface area contributed by atoms with Crippen LogP contribution in [0.2, 0.25) is 0 Å². The van der Waals surface area contributed by atoms with Crippen LogP contribution in [0.4, 0.5) is 4.39 Å². The van der Waals surface area contributed by atoms with Crippen molar-refractivity contribution in [2.45, 2.75) is 19.4 Å². The van der Waals surface area contributed by atoms with Gasteiger partial charge < -0.3 is 10.2 Å². The highest BCUT2D eigenvalue weighted by Crippen LogP contribution is 2.21. The van der Waals surface area contributed by atoms with Crippen molar-refractivity contribution in [2.24, 2.45) is 5.92 Å². The largest absolute Gasteiger partial charge is 0.353 e. The molecule has 1 aromatic carbocycles. The third-order valence-electron chi connectivity index (χ3n) is 4.50. The fraction of sp³-hybridized carbons (Fsp3) is 0.529. The monoisotopic (exact) mass is 319 g/mol. The average molecular weight is 319 g/mol. The number of hydrogen-bond acceptors (Lipinski definition) is 3. The van der Waals surface area contributed by atoms with E-state index in [0.29, 0.717) is 26.2 Å². The van der Waals surface area contributed by atoms with Crippen molar-refractivity contribution in [3.63, 3.8) is 0 Å². The van der Waals surface area contributed by atoms with Crippen LogP contribution in [0.5, 0.6) is 0 Å². The number of nitrogens with one attached hydrogen (secondary N) is 1. The lowest BCUT2D eigenvalue weighted by Crippen LogP contribution is -2.53. The van der Waals surface area contributed by atoms with E-state index < -0.39 is 0 Å². The minimum absolute atomic E-state index is 0.0665. The standard InChI is InChI=1S/C17H22FN3O2/c18-15-5-1-3-13(9-15)10-20-7-2-4-14(11-20)17(23)21-8-6-19-16(22)12-21/h1,3,5,9,14H,2,4,6-8,10-12H2,(H,19,22). The summed E-state index contributed by atoms with van der Waals surface area (Å²) in [6.45, 7) is 3.53. The molecule has 1 unspecified atom stereocenters. The quantitative estimate of drug-likeness (QED) is 0.904. The lowest BCUT2D eigenvalue weighted by molar-refractivity contribution is -0.142. The Morgan fingerprint density at radius 1 is 1.35 bits per heavy atom. The molecule has 0 spiro atoms. The van der Waals surface area contributed by atoms with Gasteiger partial charge in [0.25, 0.3) is 0 Å². The molecule has 2 fully saturated rings. The van der Waals surface area contributed by atoms with E-state index >= 15 is 0 Å². The van der Waals surface area contributed by atoms with Gasteiger partial charge in [0.1, 0.15) is 5.82 Å². The molecule has 23 heavy (non-hydrogen) atoms. The van der Waals surface area contributed by atoms with Crippen molar-refractivity contribution in [2.75, 3.05) is 32.7 Å². The van der Waals surface area contributed by atoms with Crippen LogP contribution < -0.4 is 5.32 Å². The van der Waals surface area contributed by atoms with E-state index in [-0.39, 0.29) is 30.1 Å². The smallest absolute Gasteiger partial charge is 0.239 e. The molecule has 0 saturated carbocycles. The van der Waals surface area contributed by atoms with Crippen molar-refractivity contribution in [3.8, 4) is 0 Å². The Kier molecular flexibility index (Phi) is 4.91. The van der Waals surface area contributed by atoms with Gasteiger partial charge in [0.15, 0.2) is 0 Å². The molecule has 0 aliphatic carbocycles. The minimum atomic E-state index is -0.230. The summed E-state index contributed by atoms with van der Waals surface area (Å²) in [6.07, 6.45) is 1.81. The van der Waals surface area contributed by atoms with Crippen LogP contribution in [0.3, 0.4) is 0 Å². The number of carbonyl (C=O) groups is 2. The summed E-state index contributed by atoms with van der Waals surface area (Å²) in [7, 11) is 0. The van der Waals surface area contributed by atoms with E-state index in [0.717, 1.165) is 24.9 Å². The van der Waals surface area contributed by atoms with E-state index in [1.807, 2.05) is 6.07 Å². The molecule has 1 atom stereocenters. The number of nitrogens with zero attached hydrogens (tertiary/aromatic N) is 2. The van der Waals surface area contributed by atoms with E-state index in [2.05, 4.69) is 10.2 Å². The number of hydrogen-bond donors (Lipinski definition) is 1. The predicted octanol–water partition coefficient (Wildman–Crippen LogP) is 0.996. The SMILES string of the molecule is O=C1CN(C(=O)C2CCCN(Cc3cccc(F)c3)C2)CCN1. The molecule has 2 saturated heterocycles. The third kappa shape index (κ3) is 4.07. The van der Waals surface area contributed by atoms with Gasteiger partial charge in [0.2, 0.25) is 11.8 Å². The van der Waals surface area contributed by atoms with Crippen molar-refractivity contribution in [3.05, 3.63) is 35.6 Å². The molecular formula is C17H22FN3O2. The Labute approximate surface area is 135 Å². The van der Waals surface area contributed by atoms with Crippen LogP contribution in [0.25, 0.3) is 0 Å². The first kappa shape index (κ1) is 15.9. The zero-order valence-corrected chi connectivity index (χ0v) is 13.1. The van der Waals surface area contributed by atoms with Crippen LogP contribution in [0, 0.1) is 11.7 Å². The molecule has 124 valence electrons. The molecule has 2 aliphatic rings. The Bertz CT molecular complexity index is 593. The van der Waals surface area contributed by atoms with E-state index in [1.54, 1.807) is 17.0 Å². The maximum atomic E-state index is 13.3. The first-order valence-electron chi connectivity index (χ1n) is 8.14. The zero-order valence-electron chi connectivity index (χ0n) is 13.1. The van der Waals surface area contributed by atoms with Crippen LogP contribution in [0.1, 0.15) is 18.4 Å². The lowest BCUT2D eigenvalue weighted by atomic mass is 9.95. The predicted molar refractivity (Wildman–Crippen MR) is 84.0 cm³/mol. The van der Waals surface area contributed by atoms with Crippen molar-refractivity contribution >= 4 is 11.8 Å². The number of piperidine rings is 1. The molecule has 3 rings (SSSR count). The molecule has 0 radical (unpaired) electrons. The van der Waals surface area contributed by atoms with Gasteiger partial charge in [-0.15, -0.1) is 0 Å². The van der Waals surface area contributed by atoms with E-state index in [1.165, 1.54) is 6.07 Å². The van der Waals surface area contributed by atoms with Gasteiger partial charge in [0.05, 0.1) is 12.5 Å². The molecule has 1 N–H and O–H groups in total. The van der Waals surface area contributed by atoms with Gasteiger partial charge in [-0.25, -0.2) is 4.39 Å². The number of likely N-dealkylation sites (tertiary alicyclic amines) is 1. The third-order valence-corrected chi connectivity index (χ3v) is 4.50. The molecule has 5 nitrogen and oxygen atoms in total. The Morgan fingerprint density at radius 2 is 2.22 bits per heavy atom. The van der Waals surface area contributed by atoms with Gasteiger partial charge in [-0.1, -0.05) is 12.1 Å². The van der Waals surface area contributed by atoms with Gasteiger partial charge in [-0.05, 0) is 37.1 Å². The Hall–Kier alpha value is -1.95. The normalized spacial score (nSPS) is 22.7. The van der Waals surface area contributed by atoms with Crippen molar-refractivity contribution < 1.29 is 14.0 Å². The lowest BCUT2D eigenvalue weighted by Gasteiger charge is -2.36. The van der Waals surface area contributed by atoms with Crippen LogP contribution in [0.15, 0.2) is 24.3 Å². The first-order valence-corrected chi connectivity index (χ1v) is 8.14. The summed E-state index contributed by atoms with van der Waals surface area (Å²) in [5.74, 6) is -0.310. The number of halogens is 1. The Balaban J connectivity index is 1.59. The minimum Gasteiger partial charge on any atom is -0.353 e. The van der Waals surface area contributed by atoms with Crippen LogP contribution >= 0.6 is 0 Å². The topological polar surface area (TPSA) is 52.7 Å². The zero-order chi connectivity index (χ0) is 16.2. The maximum absolute atomic E-state index is 13.3. The van der Waals surface area contributed by atoms with Gasteiger partial charge >= 0.3 is 0 Å². The summed E-state index contributed by atoms with van der Waals surface area (Å²) in [5, 5.41) is 2.74. The fourth-order valence-corrected chi connectivity index (χ4v) is 3.38. The second-order valence-electron chi connectivity index (χ2n) is 6.31. The van der Waals surface area contributed by atoms with E-state index in [4.69, 9.17) is 0 Å². The van der Waals surface area contributed by atoms with Crippen molar-refractivity contribution in [1.29, 1.82) is 0 Å². The van der Waals surface area contributed by atoms with E-state index in [9.17, 15) is 14.0 Å². The highest BCUT2D eigenvalue weighted by molar-refractivity contribution is 5.87. The summed E-state index contributed by atoms with van der Waals surface area (Å²) >= 11 is 0. The summed E-state index contributed by atoms with van der Waals surface area (Å²) in [4.78, 5) is 27.9. The summed E-state index contributed by atoms with van der Waals surface area (Å²) in [5.41, 5.74) is 0.926. The Morgan fingerprint density at radius 3 is 3.00 bits per heavy atom. The number of rotatable bonds is 3. The average Bonchev–Trinajstić information content (AvgIpc) is 2.54. The molecule has 1 aromatic rings. The second kappa shape index (κ2) is 7.08. The molecule has 2 heterocycles.